The Kier molecular flexibility index (Phi) is 5.16. The number of hydrogen-bond acceptors (Lipinski definition) is 3. The number of nitrogens with zero attached hydrogens (tertiary/aromatic N) is 2. The minimum Gasteiger partial charge on any atom is -0.336 e. The summed E-state index contributed by atoms with van der Waals surface area (Å²) in [6.45, 7) is 2.86. The number of halogens is 2. The van der Waals surface area contributed by atoms with E-state index in [1.54, 1.807) is 13.0 Å². The van der Waals surface area contributed by atoms with Gasteiger partial charge in [0.1, 0.15) is 10.7 Å². The Balaban J connectivity index is 1.82. The van der Waals surface area contributed by atoms with Crippen molar-refractivity contribution in [2.75, 3.05) is 0 Å². The van der Waals surface area contributed by atoms with Crippen molar-refractivity contribution in [2.45, 2.75) is 56.8 Å². The van der Waals surface area contributed by atoms with Crippen LogP contribution in [0.25, 0.3) is 22.3 Å². The zero-order valence-electron chi connectivity index (χ0n) is 16.3. The van der Waals surface area contributed by atoms with Crippen molar-refractivity contribution < 1.29 is 17.2 Å². The molecule has 1 aromatic carbocycles. The molecule has 0 saturated heterocycles. The second-order valence-corrected chi connectivity index (χ2v) is 9.33. The molecule has 1 aliphatic rings. The van der Waals surface area contributed by atoms with Crippen molar-refractivity contribution in [1.29, 1.82) is 0 Å². The molecule has 4 rings (SSSR count). The quantitative estimate of drug-likeness (QED) is 0.601. The number of pyridine rings is 1. The van der Waals surface area contributed by atoms with E-state index in [0.717, 1.165) is 49.2 Å². The molecule has 1 saturated carbocycles. The Morgan fingerprint density at radius 1 is 1.21 bits per heavy atom. The highest BCUT2D eigenvalue weighted by Crippen LogP contribution is 2.38. The fourth-order valence-corrected chi connectivity index (χ4v) is 5.08. The average Bonchev–Trinajstić information content (AvgIpc) is 3.29. The summed E-state index contributed by atoms with van der Waals surface area (Å²) in [7, 11) is -3.96. The average molecular weight is 419 g/mol. The molecule has 1 aliphatic carbocycles. The fourth-order valence-electron chi connectivity index (χ4n) is 4.08. The number of nitrogens with one attached hydrogen (secondary N) is 1. The van der Waals surface area contributed by atoms with Gasteiger partial charge in [0.15, 0.2) is 6.30 Å². The lowest BCUT2D eigenvalue weighted by molar-refractivity contribution is 0.341. The Hall–Kier alpha value is -2.32. The highest BCUT2D eigenvalue weighted by Gasteiger charge is 2.24. The molecule has 5 nitrogen and oxygen atoms in total. The van der Waals surface area contributed by atoms with Crippen LogP contribution >= 0.6 is 0 Å². The molecule has 0 aliphatic heterocycles. The smallest absolute Gasteiger partial charge is 0.244 e. The molecule has 154 valence electrons. The molecule has 0 bridgehead atoms. The summed E-state index contributed by atoms with van der Waals surface area (Å²) in [5.74, 6) is -0.256. The van der Waals surface area contributed by atoms with Gasteiger partial charge in [0.25, 0.3) is 0 Å². The predicted octanol–water partition coefficient (Wildman–Crippen LogP) is 4.86. The van der Waals surface area contributed by atoms with Crippen LogP contribution in [0.2, 0.25) is 0 Å². The van der Waals surface area contributed by atoms with Crippen molar-refractivity contribution in [2.24, 2.45) is 0 Å². The van der Waals surface area contributed by atoms with Crippen LogP contribution in [0.1, 0.15) is 44.2 Å². The lowest BCUT2D eigenvalue weighted by Crippen LogP contribution is -2.29. The molecule has 0 unspecified atom stereocenters. The Bertz CT molecular complexity index is 1150. The Morgan fingerprint density at radius 3 is 2.55 bits per heavy atom. The minimum atomic E-state index is -3.96. The van der Waals surface area contributed by atoms with Gasteiger partial charge in [-0.15, -0.1) is 0 Å². The van der Waals surface area contributed by atoms with Crippen molar-refractivity contribution in [3.05, 3.63) is 47.9 Å². The van der Waals surface area contributed by atoms with Gasteiger partial charge in [-0.25, -0.2) is 17.2 Å². The van der Waals surface area contributed by atoms with E-state index in [4.69, 9.17) is 0 Å². The highest BCUT2D eigenvalue weighted by atomic mass is 32.2. The first-order valence-electron chi connectivity index (χ1n) is 9.70. The third-order valence-electron chi connectivity index (χ3n) is 5.44. The third-order valence-corrected chi connectivity index (χ3v) is 6.93. The molecule has 1 fully saturated rings. The van der Waals surface area contributed by atoms with Crippen molar-refractivity contribution >= 4 is 20.9 Å². The Labute approximate surface area is 168 Å². The topological polar surface area (TPSA) is 64.0 Å². The van der Waals surface area contributed by atoms with Crippen LogP contribution in [0.3, 0.4) is 0 Å². The first-order chi connectivity index (χ1) is 13.8. The maximum atomic E-state index is 14.1. The molecule has 8 heteroatoms. The molecule has 0 amide bonds. The Morgan fingerprint density at radius 2 is 1.93 bits per heavy atom. The zero-order chi connectivity index (χ0) is 20.8. The van der Waals surface area contributed by atoms with Crippen LogP contribution in [0.5, 0.6) is 0 Å². The van der Waals surface area contributed by atoms with E-state index >= 15 is 0 Å². The highest BCUT2D eigenvalue weighted by molar-refractivity contribution is 7.89. The van der Waals surface area contributed by atoms with Crippen LogP contribution < -0.4 is 4.72 Å². The SMILES string of the molecule is Cc1cc2c(cc1F)cc(-c1ccc(S(=O)(=O)N[C@@H](C)F)cn1)n2C1CCCC1. The second-order valence-electron chi connectivity index (χ2n) is 7.61. The zero-order valence-corrected chi connectivity index (χ0v) is 17.1. The van der Waals surface area contributed by atoms with Gasteiger partial charge in [-0.1, -0.05) is 12.8 Å². The number of sulfonamides is 1. The summed E-state index contributed by atoms with van der Waals surface area (Å²) in [6.07, 6.45) is 3.89. The van der Waals surface area contributed by atoms with E-state index < -0.39 is 16.3 Å². The van der Waals surface area contributed by atoms with Crippen LogP contribution in [0, 0.1) is 12.7 Å². The molecule has 1 N–H and O–H groups in total. The summed E-state index contributed by atoms with van der Waals surface area (Å²) in [5, 5.41) is 0.793. The van der Waals surface area contributed by atoms with Gasteiger partial charge in [0.2, 0.25) is 10.0 Å². The van der Waals surface area contributed by atoms with Crippen LogP contribution in [0.4, 0.5) is 8.78 Å². The number of fused-ring (bicyclic) bond motifs is 1. The lowest BCUT2D eigenvalue weighted by Gasteiger charge is -2.18. The van der Waals surface area contributed by atoms with Crippen molar-refractivity contribution in [3.8, 4) is 11.4 Å². The first kappa shape index (κ1) is 20.0. The molecule has 0 radical (unpaired) electrons. The summed E-state index contributed by atoms with van der Waals surface area (Å²) in [6, 6.07) is 8.61. The summed E-state index contributed by atoms with van der Waals surface area (Å²) in [4.78, 5) is 4.24. The maximum absolute atomic E-state index is 14.1. The number of alkyl halides is 1. The first-order valence-corrected chi connectivity index (χ1v) is 11.2. The summed E-state index contributed by atoms with van der Waals surface area (Å²) >= 11 is 0. The minimum absolute atomic E-state index is 0.101. The number of aromatic nitrogens is 2. The van der Waals surface area contributed by atoms with Gasteiger partial charge in [-0.2, -0.15) is 4.72 Å². The molecule has 1 atom stereocenters. The lowest BCUT2D eigenvalue weighted by atomic mass is 10.1. The summed E-state index contributed by atoms with van der Waals surface area (Å²) in [5.41, 5.74) is 2.96. The van der Waals surface area contributed by atoms with Gasteiger partial charge in [0, 0.05) is 23.1 Å². The number of hydrogen-bond donors (Lipinski definition) is 1. The molecule has 2 aromatic heterocycles. The van der Waals surface area contributed by atoms with Gasteiger partial charge >= 0.3 is 0 Å². The van der Waals surface area contributed by atoms with Gasteiger partial charge in [-0.3, -0.25) is 4.98 Å². The third kappa shape index (κ3) is 3.79. The standard InChI is InChI=1S/C21H23F2N3O2S/c1-13-9-20-15(10-18(13)23)11-21(26(20)16-5-3-4-6-16)19-8-7-17(12-24-19)29(27,28)25-14(2)22/h7-12,14,16,25H,3-6H2,1-2H3/t14-/m0/s1. The molecule has 29 heavy (non-hydrogen) atoms. The predicted molar refractivity (Wildman–Crippen MR) is 108 cm³/mol. The number of aryl methyl sites for hydroxylation is 1. The largest absolute Gasteiger partial charge is 0.336 e. The molecule has 3 aromatic rings. The second kappa shape index (κ2) is 7.50. The molecular weight excluding hydrogens is 396 g/mol. The van der Waals surface area contributed by atoms with Crippen LogP contribution in [0.15, 0.2) is 41.4 Å². The molecule has 2 heterocycles. The number of benzene rings is 1. The van der Waals surface area contributed by atoms with Crippen molar-refractivity contribution in [3.63, 3.8) is 0 Å². The van der Waals surface area contributed by atoms with E-state index in [0.29, 0.717) is 17.3 Å². The van der Waals surface area contributed by atoms with E-state index in [2.05, 4.69) is 9.55 Å². The van der Waals surface area contributed by atoms with E-state index in [-0.39, 0.29) is 10.7 Å². The maximum Gasteiger partial charge on any atom is 0.244 e. The fraction of sp³-hybridized carbons (Fsp3) is 0.381. The van der Waals surface area contributed by atoms with E-state index in [1.165, 1.54) is 18.3 Å². The monoisotopic (exact) mass is 419 g/mol. The van der Waals surface area contributed by atoms with Gasteiger partial charge in [-0.05, 0) is 62.6 Å². The van der Waals surface area contributed by atoms with E-state index in [9.17, 15) is 17.2 Å². The van der Waals surface area contributed by atoms with Gasteiger partial charge in [0.05, 0.1) is 11.4 Å². The molecule has 0 spiro atoms. The van der Waals surface area contributed by atoms with Crippen LogP contribution in [-0.2, 0) is 10.0 Å². The normalized spacial score (nSPS) is 16.6. The number of rotatable bonds is 5. The van der Waals surface area contributed by atoms with Crippen LogP contribution in [-0.4, -0.2) is 24.3 Å². The van der Waals surface area contributed by atoms with Crippen molar-refractivity contribution in [1.82, 2.24) is 14.3 Å². The van der Waals surface area contributed by atoms with Gasteiger partial charge < -0.3 is 4.57 Å². The summed E-state index contributed by atoms with van der Waals surface area (Å²) < 4.78 is 55.6. The molecular formula is C21H23F2N3O2S. The van der Waals surface area contributed by atoms with E-state index in [1.807, 2.05) is 16.9 Å².